The second-order valence-electron chi connectivity index (χ2n) is 8.51. The summed E-state index contributed by atoms with van der Waals surface area (Å²) in [5.41, 5.74) is 2.14. The second-order valence-corrected chi connectivity index (χ2v) is 9.63. The standard InChI is InChI=1S/C25H27FN2O2S/c1-16-12-20-22(27-16)5-3-6-23(20)30-15-18(29)14-28-10-8-17(9-11-28)25-13-19-21(26)4-2-7-24(19)31-25/h2-7,12-13,17-18,27,29H,8-11,14-15H2,1H3/t18-/m0/s1. The molecule has 5 rings (SSSR count). The van der Waals surface area contributed by atoms with Gasteiger partial charge in [-0.2, -0.15) is 0 Å². The number of likely N-dealkylation sites (tertiary alicyclic amines) is 1. The molecule has 0 bridgehead atoms. The normalized spacial score (nSPS) is 16.9. The smallest absolute Gasteiger partial charge is 0.131 e. The molecule has 1 aliphatic heterocycles. The fourth-order valence-corrected chi connectivity index (χ4v) is 5.82. The lowest BCUT2D eigenvalue weighted by Gasteiger charge is -2.32. The van der Waals surface area contributed by atoms with Gasteiger partial charge in [-0.1, -0.05) is 12.1 Å². The van der Waals surface area contributed by atoms with Crippen molar-refractivity contribution >= 4 is 32.3 Å². The highest BCUT2D eigenvalue weighted by Crippen LogP contribution is 2.37. The van der Waals surface area contributed by atoms with Crippen LogP contribution in [0, 0.1) is 12.7 Å². The van der Waals surface area contributed by atoms with Crippen molar-refractivity contribution in [3.8, 4) is 5.75 Å². The molecule has 0 aliphatic carbocycles. The van der Waals surface area contributed by atoms with Gasteiger partial charge in [0.15, 0.2) is 0 Å². The minimum absolute atomic E-state index is 0.133. The number of aromatic amines is 1. The van der Waals surface area contributed by atoms with E-state index in [4.69, 9.17) is 4.74 Å². The molecular formula is C25H27FN2O2S. The predicted octanol–water partition coefficient (Wildman–Crippen LogP) is 5.45. The van der Waals surface area contributed by atoms with Crippen LogP contribution in [0.3, 0.4) is 0 Å². The van der Waals surface area contributed by atoms with E-state index in [1.165, 1.54) is 10.9 Å². The number of piperidine rings is 1. The first kappa shape index (κ1) is 20.5. The van der Waals surface area contributed by atoms with Crippen molar-refractivity contribution in [1.82, 2.24) is 9.88 Å². The molecule has 1 atom stereocenters. The van der Waals surface area contributed by atoms with Gasteiger partial charge < -0.3 is 19.7 Å². The molecule has 0 saturated carbocycles. The number of aliphatic hydroxyl groups excluding tert-OH is 1. The molecule has 6 heteroatoms. The molecule has 1 saturated heterocycles. The summed E-state index contributed by atoms with van der Waals surface area (Å²) < 4.78 is 21.0. The van der Waals surface area contributed by atoms with E-state index in [0.29, 0.717) is 12.5 Å². The van der Waals surface area contributed by atoms with Gasteiger partial charge in [0, 0.05) is 38.1 Å². The van der Waals surface area contributed by atoms with Crippen LogP contribution in [0.15, 0.2) is 48.5 Å². The molecule has 31 heavy (non-hydrogen) atoms. The topological polar surface area (TPSA) is 48.5 Å². The van der Waals surface area contributed by atoms with Crippen molar-refractivity contribution < 1.29 is 14.2 Å². The largest absolute Gasteiger partial charge is 0.490 e. The summed E-state index contributed by atoms with van der Waals surface area (Å²) in [7, 11) is 0. The number of aromatic nitrogens is 1. The maximum Gasteiger partial charge on any atom is 0.131 e. The molecule has 0 unspecified atom stereocenters. The molecule has 162 valence electrons. The Morgan fingerprint density at radius 2 is 1.97 bits per heavy atom. The summed E-state index contributed by atoms with van der Waals surface area (Å²) in [6.45, 7) is 4.78. The van der Waals surface area contributed by atoms with E-state index in [1.54, 1.807) is 17.4 Å². The first-order valence-electron chi connectivity index (χ1n) is 10.9. The summed E-state index contributed by atoms with van der Waals surface area (Å²) in [6, 6.07) is 15.3. The number of nitrogens with zero attached hydrogens (tertiary/aromatic N) is 1. The van der Waals surface area contributed by atoms with Crippen LogP contribution in [0.1, 0.15) is 29.3 Å². The van der Waals surface area contributed by atoms with Gasteiger partial charge in [-0.25, -0.2) is 4.39 Å². The highest BCUT2D eigenvalue weighted by atomic mass is 32.1. The van der Waals surface area contributed by atoms with Crippen molar-refractivity contribution in [2.75, 3.05) is 26.2 Å². The second kappa shape index (κ2) is 8.61. The zero-order chi connectivity index (χ0) is 21.4. The van der Waals surface area contributed by atoms with Gasteiger partial charge in [-0.15, -0.1) is 11.3 Å². The van der Waals surface area contributed by atoms with Crippen molar-refractivity contribution in [2.45, 2.75) is 31.8 Å². The van der Waals surface area contributed by atoms with Gasteiger partial charge in [0.05, 0.1) is 0 Å². The van der Waals surface area contributed by atoms with Gasteiger partial charge in [0.2, 0.25) is 0 Å². The third-order valence-electron chi connectivity index (χ3n) is 6.18. The molecule has 2 N–H and O–H groups in total. The van der Waals surface area contributed by atoms with E-state index in [9.17, 15) is 9.50 Å². The fraction of sp³-hybridized carbons (Fsp3) is 0.360. The highest BCUT2D eigenvalue weighted by Gasteiger charge is 2.24. The highest BCUT2D eigenvalue weighted by molar-refractivity contribution is 7.19. The van der Waals surface area contributed by atoms with E-state index in [0.717, 1.165) is 58.4 Å². The zero-order valence-electron chi connectivity index (χ0n) is 17.6. The van der Waals surface area contributed by atoms with Gasteiger partial charge in [-0.3, -0.25) is 0 Å². The van der Waals surface area contributed by atoms with Crippen LogP contribution in [0.25, 0.3) is 21.0 Å². The number of fused-ring (bicyclic) bond motifs is 2. The Bertz CT molecular complexity index is 1190. The van der Waals surface area contributed by atoms with E-state index in [2.05, 4.69) is 16.0 Å². The fourth-order valence-electron chi connectivity index (χ4n) is 4.58. The molecule has 3 heterocycles. The molecule has 0 amide bonds. The average molecular weight is 439 g/mol. The van der Waals surface area contributed by atoms with Crippen molar-refractivity contribution in [1.29, 1.82) is 0 Å². The maximum atomic E-state index is 14.0. The van der Waals surface area contributed by atoms with Gasteiger partial charge in [-0.05, 0) is 75.2 Å². The van der Waals surface area contributed by atoms with Crippen LogP contribution in [0.5, 0.6) is 5.75 Å². The average Bonchev–Trinajstić information content (AvgIpc) is 3.37. The summed E-state index contributed by atoms with van der Waals surface area (Å²) in [4.78, 5) is 6.89. The van der Waals surface area contributed by atoms with Crippen LogP contribution < -0.4 is 4.74 Å². The summed E-state index contributed by atoms with van der Waals surface area (Å²) in [5, 5.41) is 12.3. The Hall–Kier alpha value is -2.41. The number of ether oxygens (including phenoxy) is 1. The summed E-state index contributed by atoms with van der Waals surface area (Å²) in [5.74, 6) is 1.14. The number of aliphatic hydroxyl groups is 1. The van der Waals surface area contributed by atoms with Gasteiger partial charge in [0.25, 0.3) is 0 Å². The quantitative estimate of drug-likeness (QED) is 0.421. The predicted molar refractivity (Wildman–Crippen MR) is 125 cm³/mol. The lowest BCUT2D eigenvalue weighted by Crippen LogP contribution is -2.40. The lowest BCUT2D eigenvalue weighted by atomic mass is 9.94. The molecule has 1 aliphatic rings. The first-order chi connectivity index (χ1) is 15.1. The Morgan fingerprint density at radius 1 is 1.16 bits per heavy atom. The van der Waals surface area contributed by atoms with E-state index < -0.39 is 6.10 Å². The first-order valence-corrected chi connectivity index (χ1v) is 11.7. The number of aryl methyl sites for hydroxylation is 1. The Morgan fingerprint density at radius 3 is 2.77 bits per heavy atom. The van der Waals surface area contributed by atoms with Crippen molar-refractivity contribution in [2.24, 2.45) is 0 Å². The monoisotopic (exact) mass is 438 g/mol. The Balaban J connectivity index is 1.14. The molecule has 0 radical (unpaired) electrons. The molecule has 4 aromatic rings. The third-order valence-corrected chi connectivity index (χ3v) is 7.44. The molecule has 1 fully saturated rings. The van der Waals surface area contributed by atoms with Crippen molar-refractivity contribution in [3.63, 3.8) is 0 Å². The number of nitrogens with one attached hydrogen (secondary N) is 1. The Kier molecular flexibility index (Phi) is 5.69. The number of thiophene rings is 1. The molecule has 2 aromatic heterocycles. The number of hydrogen-bond acceptors (Lipinski definition) is 4. The summed E-state index contributed by atoms with van der Waals surface area (Å²) in [6.07, 6.45) is 1.53. The maximum absolute atomic E-state index is 14.0. The molecule has 0 spiro atoms. The number of benzene rings is 2. The lowest BCUT2D eigenvalue weighted by molar-refractivity contribution is 0.0600. The minimum Gasteiger partial charge on any atom is -0.490 e. The molecule has 4 nitrogen and oxygen atoms in total. The molecule has 2 aromatic carbocycles. The Labute approximate surface area is 185 Å². The van der Waals surface area contributed by atoms with Crippen LogP contribution in [-0.2, 0) is 0 Å². The van der Waals surface area contributed by atoms with Crippen LogP contribution in [-0.4, -0.2) is 47.3 Å². The summed E-state index contributed by atoms with van der Waals surface area (Å²) >= 11 is 1.71. The van der Waals surface area contributed by atoms with Crippen LogP contribution in [0.2, 0.25) is 0 Å². The number of hydrogen-bond donors (Lipinski definition) is 2. The van der Waals surface area contributed by atoms with Crippen LogP contribution in [0.4, 0.5) is 4.39 Å². The minimum atomic E-state index is -0.537. The van der Waals surface area contributed by atoms with E-state index >= 15 is 0 Å². The van der Waals surface area contributed by atoms with E-state index in [1.807, 2.05) is 37.3 Å². The number of H-pyrrole nitrogens is 1. The third kappa shape index (κ3) is 4.33. The van der Waals surface area contributed by atoms with E-state index in [-0.39, 0.29) is 12.4 Å². The van der Waals surface area contributed by atoms with Gasteiger partial charge in [0.1, 0.15) is 24.3 Å². The number of β-amino-alcohol motifs (C(OH)–C–C–N with tert-alkyl or cyclic N) is 1. The van der Waals surface area contributed by atoms with Crippen LogP contribution >= 0.6 is 11.3 Å². The number of rotatable bonds is 6. The molecular weight excluding hydrogens is 411 g/mol. The zero-order valence-corrected chi connectivity index (χ0v) is 18.4. The van der Waals surface area contributed by atoms with Gasteiger partial charge >= 0.3 is 0 Å². The number of halogens is 1. The van der Waals surface area contributed by atoms with Crippen molar-refractivity contribution in [3.05, 3.63) is 64.9 Å². The SMILES string of the molecule is Cc1cc2c(OC[C@@H](O)CN3CCC(c4cc5c(F)cccc5s4)CC3)cccc2[nH]1.